The second kappa shape index (κ2) is 3.09. The topological polar surface area (TPSA) is 32.9 Å². The number of para-hydroxylation sites is 1. The number of nitrogens with one attached hydrogen (secondary N) is 1. The normalized spacial score (nSPS) is 14.1. The second-order valence-electron chi connectivity index (χ2n) is 3.81. The van der Waals surface area contributed by atoms with E-state index in [0.717, 1.165) is 34.3 Å². The summed E-state index contributed by atoms with van der Waals surface area (Å²) < 4.78 is 0. The first-order valence-electron chi connectivity index (χ1n) is 5.18. The molecule has 1 aromatic carbocycles. The lowest BCUT2D eigenvalue weighted by molar-refractivity contribution is 1.08. The van der Waals surface area contributed by atoms with Gasteiger partial charge in [0.15, 0.2) is 5.43 Å². The molecule has 0 aliphatic heterocycles. The average Bonchev–Trinajstić information content (AvgIpc) is 2.30. The van der Waals surface area contributed by atoms with Crippen molar-refractivity contribution in [1.29, 1.82) is 0 Å². The quantitative estimate of drug-likeness (QED) is 0.668. The number of fused-ring (bicyclic) bond motifs is 2. The number of benzene rings is 1. The molecule has 0 amide bonds. The molecule has 0 saturated carbocycles. The molecule has 1 aliphatic carbocycles. The maximum Gasteiger partial charge on any atom is 0.196 e. The molecule has 1 aromatic heterocycles. The molecule has 3 rings (SSSR count). The van der Waals surface area contributed by atoms with E-state index in [-0.39, 0.29) is 5.43 Å². The van der Waals surface area contributed by atoms with Crippen molar-refractivity contribution in [2.24, 2.45) is 0 Å². The molecular weight excluding hydrogens is 186 g/mol. The minimum Gasteiger partial charge on any atom is -0.355 e. The van der Waals surface area contributed by atoms with Crippen LogP contribution in [-0.4, -0.2) is 4.98 Å². The molecule has 0 radical (unpaired) electrons. The van der Waals surface area contributed by atoms with Crippen LogP contribution in [0.4, 0.5) is 0 Å². The molecule has 0 atom stereocenters. The van der Waals surface area contributed by atoms with Crippen molar-refractivity contribution in [1.82, 2.24) is 4.98 Å². The molecule has 2 nitrogen and oxygen atoms in total. The number of hydrogen-bond acceptors (Lipinski definition) is 1. The molecule has 0 fully saturated rings. The van der Waals surface area contributed by atoms with Gasteiger partial charge in [0.05, 0.1) is 0 Å². The van der Waals surface area contributed by atoms with Gasteiger partial charge in [-0.2, -0.15) is 0 Å². The highest BCUT2D eigenvalue weighted by molar-refractivity contribution is 5.78. The molecule has 0 unspecified atom stereocenters. The smallest absolute Gasteiger partial charge is 0.196 e. The minimum atomic E-state index is 0.148. The van der Waals surface area contributed by atoms with Crippen molar-refractivity contribution in [3.8, 4) is 0 Å². The van der Waals surface area contributed by atoms with Gasteiger partial charge in [0, 0.05) is 21.5 Å². The largest absolute Gasteiger partial charge is 0.355 e. The zero-order valence-corrected chi connectivity index (χ0v) is 8.29. The Bertz CT molecular complexity index is 695. The van der Waals surface area contributed by atoms with E-state index in [1.54, 1.807) is 0 Å². The number of aromatic amines is 1. The van der Waals surface area contributed by atoms with Crippen LogP contribution in [-0.2, 0) is 0 Å². The zero-order valence-electron chi connectivity index (χ0n) is 8.29. The van der Waals surface area contributed by atoms with Gasteiger partial charge in [-0.3, -0.25) is 4.79 Å². The lowest BCUT2D eigenvalue weighted by atomic mass is 10.1. The minimum absolute atomic E-state index is 0.148. The molecule has 2 aromatic rings. The Labute approximate surface area is 86.6 Å². The maximum absolute atomic E-state index is 12.1. The van der Waals surface area contributed by atoms with Gasteiger partial charge in [-0.1, -0.05) is 24.3 Å². The van der Waals surface area contributed by atoms with E-state index >= 15 is 0 Å². The first-order valence-corrected chi connectivity index (χ1v) is 5.18. The van der Waals surface area contributed by atoms with Crippen molar-refractivity contribution in [2.45, 2.75) is 12.8 Å². The number of rotatable bonds is 0. The summed E-state index contributed by atoms with van der Waals surface area (Å²) in [4.78, 5) is 15.4. The first-order chi connectivity index (χ1) is 7.36. The van der Waals surface area contributed by atoms with Gasteiger partial charge in [0.2, 0.25) is 0 Å². The van der Waals surface area contributed by atoms with Gasteiger partial charge < -0.3 is 4.98 Å². The van der Waals surface area contributed by atoms with Crippen LogP contribution < -0.4 is 16.0 Å². The van der Waals surface area contributed by atoms with Gasteiger partial charge >= 0.3 is 0 Å². The molecule has 1 heterocycles. The third kappa shape index (κ3) is 1.22. The summed E-state index contributed by atoms with van der Waals surface area (Å²) in [5, 5.41) is 2.59. The second-order valence-corrected chi connectivity index (χ2v) is 3.81. The molecular formula is C13H11NO. The van der Waals surface area contributed by atoms with Crippen LogP contribution in [0.3, 0.4) is 0 Å². The fraction of sp³-hybridized carbons (Fsp3) is 0.154. The fourth-order valence-corrected chi connectivity index (χ4v) is 2.09. The van der Waals surface area contributed by atoms with E-state index in [9.17, 15) is 4.79 Å². The van der Waals surface area contributed by atoms with Gasteiger partial charge in [0.1, 0.15) is 0 Å². The summed E-state index contributed by atoms with van der Waals surface area (Å²) >= 11 is 0. The summed E-state index contributed by atoms with van der Waals surface area (Å²) in [5.41, 5.74) is 1.07. The molecule has 2 heteroatoms. The molecule has 0 spiro atoms. The number of H-pyrrole nitrogens is 1. The Morgan fingerprint density at radius 3 is 2.80 bits per heavy atom. The average molecular weight is 197 g/mol. The Morgan fingerprint density at radius 2 is 1.87 bits per heavy atom. The lowest BCUT2D eigenvalue weighted by Gasteiger charge is -2.02. The molecule has 74 valence electrons. The van der Waals surface area contributed by atoms with Crippen molar-refractivity contribution in [3.05, 3.63) is 45.1 Å². The summed E-state index contributed by atoms with van der Waals surface area (Å²) in [6.45, 7) is 0. The van der Waals surface area contributed by atoms with E-state index in [0.29, 0.717) is 0 Å². The van der Waals surface area contributed by atoms with Crippen LogP contribution in [0.15, 0.2) is 29.1 Å². The van der Waals surface area contributed by atoms with Crippen molar-refractivity contribution < 1.29 is 0 Å². The molecule has 1 aliphatic rings. The number of aromatic nitrogens is 1. The molecule has 1 N–H and O–H groups in total. The van der Waals surface area contributed by atoms with Gasteiger partial charge in [-0.05, 0) is 25.0 Å². The predicted molar refractivity (Wildman–Crippen MR) is 62.0 cm³/mol. The number of pyridine rings is 1. The standard InChI is InChI=1S/C13H11NO/c15-13-9-5-1-3-7-11(9)14-12-8-4-2-6-10(12)13/h1,3,5-8,14H,2,4H2. The van der Waals surface area contributed by atoms with Crippen LogP contribution in [0.2, 0.25) is 0 Å². The highest BCUT2D eigenvalue weighted by Crippen LogP contribution is 2.02. The van der Waals surface area contributed by atoms with Crippen LogP contribution in [0.25, 0.3) is 23.1 Å². The summed E-state index contributed by atoms with van der Waals surface area (Å²) in [5.74, 6) is 0. The van der Waals surface area contributed by atoms with E-state index in [2.05, 4.69) is 11.1 Å². The summed E-state index contributed by atoms with van der Waals surface area (Å²) in [6.07, 6.45) is 6.11. The van der Waals surface area contributed by atoms with Gasteiger partial charge in [-0.15, -0.1) is 0 Å². The van der Waals surface area contributed by atoms with Gasteiger partial charge in [-0.25, -0.2) is 0 Å². The maximum atomic E-state index is 12.1. The van der Waals surface area contributed by atoms with Gasteiger partial charge in [0.25, 0.3) is 0 Å². The highest BCUT2D eigenvalue weighted by atomic mass is 16.1. The third-order valence-electron chi connectivity index (χ3n) is 2.84. The molecule has 15 heavy (non-hydrogen) atoms. The van der Waals surface area contributed by atoms with Crippen LogP contribution in [0, 0.1) is 0 Å². The Morgan fingerprint density at radius 1 is 1.07 bits per heavy atom. The van der Waals surface area contributed by atoms with Crippen molar-refractivity contribution in [3.63, 3.8) is 0 Å². The lowest BCUT2D eigenvalue weighted by Crippen LogP contribution is -2.42. The van der Waals surface area contributed by atoms with Crippen LogP contribution >= 0.6 is 0 Å². The van der Waals surface area contributed by atoms with Crippen molar-refractivity contribution >= 4 is 23.1 Å². The zero-order chi connectivity index (χ0) is 10.3. The predicted octanol–water partition coefficient (Wildman–Crippen LogP) is 0.883. The van der Waals surface area contributed by atoms with Crippen LogP contribution in [0.1, 0.15) is 12.8 Å². The van der Waals surface area contributed by atoms with E-state index < -0.39 is 0 Å². The Hall–Kier alpha value is -1.83. The van der Waals surface area contributed by atoms with Crippen molar-refractivity contribution in [2.75, 3.05) is 0 Å². The SMILES string of the molecule is O=c1c2c([nH]c3ccccc13)=CCCC=2. The Kier molecular flexibility index (Phi) is 1.75. The van der Waals surface area contributed by atoms with E-state index in [1.807, 2.05) is 30.3 Å². The summed E-state index contributed by atoms with van der Waals surface area (Å²) in [7, 11) is 0. The monoisotopic (exact) mass is 197 g/mol. The Balaban J connectivity index is 2.65. The van der Waals surface area contributed by atoms with E-state index in [1.165, 1.54) is 0 Å². The molecule has 0 bridgehead atoms. The first kappa shape index (κ1) is 8.48. The molecule has 0 saturated heterocycles. The van der Waals surface area contributed by atoms with E-state index in [4.69, 9.17) is 0 Å². The summed E-state index contributed by atoms with van der Waals surface area (Å²) in [6, 6.07) is 7.66. The number of hydrogen-bond donors (Lipinski definition) is 1. The third-order valence-corrected chi connectivity index (χ3v) is 2.84. The van der Waals surface area contributed by atoms with Crippen LogP contribution in [0.5, 0.6) is 0 Å². The highest BCUT2D eigenvalue weighted by Gasteiger charge is 2.02. The fourth-order valence-electron chi connectivity index (χ4n) is 2.09.